The smallest absolute Gasteiger partial charge is 0.137 e. The Bertz CT molecular complexity index is 1070. The molecule has 0 saturated carbocycles. The second kappa shape index (κ2) is 7.10. The predicted molar refractivity (Wildman–Crippen MR) is 111 cm³/mol. The first-order chi connectivity index (χ1) is 13.4. The van der Waals surface area contributed by atoms with E-state index >= 15 is 0 Å². The zero-order valence-corrected chi connectivity index (χ0v) is 15.7. The van der Waals surface area contributed by atoms with Gasteiger partial charge in [-0.15, -0.1) is 11.3 Å². The van der Waals surface area contributed by atoms with Crippen LogP contribution in [-0.2, 0) is 4.74 Å². The summed E-state index contributed by atoms with van der Waals surface area (Å²) in [6.07, 6.45) is 0. The van der Waals surface area contributed by atoms with Gasteiger partial charge in [-0.1, -0.05) is 54.6 Å². The van der Waals surface area contributed by atoms with Gasteiger partial charge in [0.25, 0.3) is 0 Å². The molecule has 0 unspecified atom stereocenters. The molecule has 0 aliphatic carbocycles. The molecule has 4 nitrogen and oxygen atoms in total. The number of hydrogen-bond acceptors (Lipinski definition) is 5. The van der Waals surface area contributed by atoms with Crippen molar-refractivity contribution >= 4 is 27.9 Å². The van der Waals surface area contributed by atoms with Crippen LogP contribution in [0.5, 0.6) is 0 Å². The van der Waals surface area contributed by atoms with Crippen molar-refractivity contribution < 1.29 is 4.74 Å². The molecular formula is C22H19N3OS. The van der Waals surface area contributed by atoms with E-state index < -0.39 is 0 Å². The highest BCUT2D eigenvalue weighted by Gasteiger charge is 2.18. The van der Waals surface area contributed by atoms with Crippen molar-refractivity contribution in [3.05, 3.63) is 66.0 Å². The molecule has 0 bridgehead atoms. The van der Waals surface area contributed by atoms with E-state index in [2.05, 4.69) is 52.7 Å². The van der Waals surface area contributed by atoms with Crippen molar-refractivity contribution in [2.24, 2.45) is 0 Å². The minimum absolute atomic E-state index is 0.745. The van der Waals surface area contributed by atoms with Gasteiger partial charge >= 0.3 is 0 Å². The Morgan fingerprint density at radius 3 is 2.48 bits per heavy atom. The van der Waals surface area contributed by atoms with Crippen LogP contribution in [0.1, 0.15) is 0 Å². The Morgan fingerprint density at radius 2 is 1.63 bits per heavy atom. The van der Waals surface area contributed by atoms with Gasteiger partial charge in [0, 0.05) is 29.4 Å². The molecule has 1 fully saturated rings. The monoisotopic (exact) mass is 373 g/mol. The molecule has 27 heavy (non-hydrogen) atoms. The Hall–Kier alpha value is -2.76. The number of nitrogens with zero attached hydrogens (tertiary/aromatic N) is 3. The van der Waals surface area contributed by atoms with Crippen LogP contribution in [0.25, 0.3) is 32.7 Å². The largest absolute Gasteiger partial charge is 0.378 e. The average Bonchev–Trinajstić information content (AvgIpc) is 3.25. The summed E-state index contributed by atoms with van der Waals surface area (Å²) in [5, 5.41) is 5.50. The van der Waals surface area contributed by atoms with Gasteiger partial charge in [-0.25, -0.2) is 9.97 Å². The minimum Gasteiger partial charge on any atom is -0.378 e. The van der Waals surface area contributed by atoms with Crippen LogP contribution in [0, 0.1) is 0 Å². The lowest BCUT2D eigenvalue weighted by Crippen LogP contribution is -2.36. The predicted octanol–water partition coefficient (Wildman–Crippen LogP) is 4.86. The lowest BCUT2D eigenvalue weighted by Gasteiger charge is -2.29. The van der Waals surface area contributed by atoms with Gasteiger partial charge < -0.3 is 9.64 Å². The van der Waals surface area contributed by atoms with E-state index in [9.17, 15) is 0 Å². The molecular weight excluding hydrogens is 354 g/mol. The number of thiazole rings is 1. The van der Waals surface area contributed by atoms with Crippen molar-refractivity contribution in [1.29, 1.82) is 0 Å². The summed E-state index contributed by atoms with van der Waals surface area (Å²) in [4.78, 5) is 12.2. The molecule has 2 aromatic heterocycles. The highest BCUT2D eigenvalue weighted by atomic mass is 32.1. The summed E-state index contributed by atoms with van der Waals surface area (Å²) in [6, 6.07) is 20.9. The number of aromatic nitrogens is 2. The second-order valence-electron chi connectivity index (χ2n) is 6.56. The lowest BCUT2D eigenvalue weighted by atomic mass is 10.1. The maximum Gasteiger partial charge on any atom is 0.137 e. The standard InChI is InChI=1S/C22H19N3OS/c1-2-6-16(7-3-1)22-24-20(15-27-22)19-14-17-8-4-5-9-18(17)21(23-19)25-10-12-26-13-11-25/h1-9,14-15H,10-13H2. The summed E-state index contributed by atoms with van der Waals surface area (Å²) in [5.74, 6) is 1.03. The van der Waals surface area contributed by atoms with E-state index in [4.69, 9.17) is 14.7 Å². The zero-order chi connectivity index (χ0) is 18.1. The van der Waals surface area contributed by atoms with Crippen molar-refractivity contribution in [3.8, 4) is 22.0 Å². The van der Waals surface area contributed by atoms with Crippen molar-refractivity contribution in [3.63, 3.8) is 0 Å². The molecule has 5 rings (SSSR count). The maximum absolute atomic E-state index is 5.52. The van der Waals surface area contributed by atoms with Crippen LogP contribution < -0.4 is 4.90 Å². The fraction of sp³-hybridized carbons (Fsp3) is 0.182. The highest BCUT2D eigenvalue weighted by molar-refractivity contribution is 7.13. The third-order valence-electron chi connectivity index (χ3n) is 4.82. The Balaban J connectivity index is 1.60. The summed E-state index contributed by atoms with van der Waals surface area (Å²) in [5.41, 5.74) is 3.00. The zero-order valence-electron chi connectivity index (χ0n) is 14.8. The molecule has 0 amide bonds. The first-order valence-corrected chi connectivity index (χ1v) is 10.0. The molecule has 0 N–H and O–H groups in total. The summed E-state index contributed by atoms with van der Waals surface area (Å²) >= 11 is 1.66. The fourth-order valence-electron chi connectivity index (χ4n) is 3.43. The third-order valence-corrected chi connectivity index (χ3v) is 5.71. The van der Waals surface area contributed by atoms with E-state index in [-0.39, 0.29) is 0 Å². The van der Waals surface area contributed by atoms with Gasteiger partial charge in [-0.2, -0.15) is 0 Å². The molecule has 4 aromatic rings. The minimum atomic E-state index is 0.745. The molecule has 1 saturated heterocycles. The van der Waals surface area contributed by atoms with E-state index in [1.54, 1.807) is 11.3 Å². The molecule has 0 atom stereocenters. The van der Waals surface area contributed by atoms with Crippen molar-refractivity contribution in [1.82, 2.24) is 9.97 Å². The van der Waals surface area contributed by atoms with Crippen LogP contribution in [0.2, 0.25) is 0 Å². The number of pyridine rings is 1. The first kappa shape index (κ1) is 16.4. The van der Waals surface area contributed by atoms with E-state index in [1.807, 2.05) is 18.2 Å². The van der Waals surface area contributed by atoms with Crippen LogP contribution in [0.15, 0.2) is 66.0 Å². The topological polar surface area (TPSA) is 38.2 Å². The normalized spacial score (nSPS) is 14.6. The van der Waals surface area contributed by atoms with Gasteiger partial charge in [0.05, 0.1) is 18.9 Å². The average molecular weight is 373 g/mol. The van der Waals surface area contributed by atoms with Gasteiger partial charge in [-0.05, 0) is 11.5 Å². The molecule has 134 valence electrons. The van der Waals surface area contributed by atoms with E-state index in [0.717, 1.165) is 54.1 Å². The van der Waals surface area contributed by atoms with E-state index in [0.29, 0.717) is 0 Å². The SMILES string of the molecule is c1ccc(-c2nc(-c3cc4ccccc4c(N4CCOCC4)n3)cs2)cc1. The van der Waals surface area contributed by atoms with E-state index in [1.165, 1.54) is 10.8 Å². The van der Waals surface area contributed by atoms with Gasteiger partial charge in [0.1, 0.15) is 16.5 Å². The van der Waals surface area contributed by atoms with Gasteiger partial charge in [0.15, 0.2) is 0 Å². The Kier molecular flexibility index (Phi) is 4.32. The molecule has 0 spiro atoms. The maximum atomic E-state index is 5.52. The van der Waals surface area contributed by atoms with Crippen LogP contribution in [0.4, 0.5) is 5.82 Å². The molecule has 1 aliphatic heterocycles. The quantitative estimate of drug-likeness (QED) is 0.514. The third kappa shape index (κ3) is 3.20. The van der Waals surface area contributed by atoms with Crippen LogP contribution in [0.3, 0.4) is 0 Å². The van der Waals surface area contributed by atoms with Gasteiger partial charge in [-0.3, -0.25) is 0 Å². The Labute approximate surface area is 162 Å². The van der Waals surface area contributed by atoms with Gasteiger partial charge in [0.2, 0.25) is 0 Å². The van der Waals surface area contributed by atoms with Crippen LogP contribution in [-0.4, -0.2) is 36.3 Å². The highest BCUT2D eigenvalue weighted by Crippen LogP contribution is 2.33. The number of anilines is 1. The van der Waals surface area contributed by atoms with Crippen molar-refractivity contribution in [2.75, 3.05) is 31.2 Å². The lowest BCUT2D eigenvalue weighted by molar-refractivity contribution is 0.122. The summed E-state index contributed by atoms with van der Waals surface area (Å²) < 4.78 is 5.52. The number of hydrogen-bond donors (Lipinski definition) is 0. The molecule has 2 aromatic carbocycles. The molecule has 3 heterocycles. The molecule has 1 aliphatic rings. The second-order valence-corrected chi connectivity index (χ2v) is 7.41. The number of ether oxygens (including phenoxy) is 1. The summed E-state index contributed by atoms with van der Waals surface area (Å²) in [7, 11) is 0. The molecule has 5 heteroatoms. The number of rotatable bonds is 3. The number of fused-ring (bicyclic) bond motifs is 1. The first-order valence-electron chi connectivity index (χ1n) is 9.12. The van der Waals surface area contributed by atoms with Crippen LogP contribution >= 0.6 is 11.3 Å². The number of morpholine rings is 1. The molecule has 0 radical (unpaired) electrons. The summed E-state index contributed by atoms with van der Waals surface area (Å²) in [6.45, 7) is 3.23. The fourth-order valence-corrected chi connectivity index (χ4v) is 4.25. The number of benzene rings is 2. The van der Waals surface area contributed by atoms with Crippen molar-refractivity contribution in [2.45, 2.75) is 0 Å². The Morgan fingerprint density at radius 1 is 0.852 bits per heavy atom.